The van der Waals surface area contributed by atoms with Crippen LogP contribution in [0.5, 0.6) is 5.75 Å². The van der Waals surface area contributed by atoms with Gasteiger partial charge in [-0.05, 0) is 37.6 Å². The highest BCUT2D eigenvalue weighted by Crippen LogP contribution is 2.33. The number of rotatable bonds is 5. The van der Waals surface area contributed by atoms with Crippen LogP contribution >= 0.6 is 11.8 Å². The number of amidine groups is 2. The SMILES string of the molecule is COc1cccc(NC(=O)CSC2=NC3NNC(C)C3C(=N)N2c2ccccc2C)c1. The number of aliphatic imine (C=N–C) groups is 1. The van der Waals surface area contributed by atoms with Gasteiger partial charge in [0.15, 0.2) is 5.17 Å². The molecule has 0 bridgehead atoms. The van der Waals surface area contributed by atoms with Gasteiger partial charge in [0.1, 0.15) is 17.8 Å². The summed E-state index contributed by atoms with van der Waals surface area (Å²) in [5.74, 6) is 1.09. The minimum atomic E-state index is -0.230. The Labute approximate surface area is 185 Å². The van der Waals surface area contributed by atoms with Crippen LogP contribution in [0.1, 0.15) is 12.5 Å². The normalized spacial score (nSPS) is 22.7. The Bertz CT molecular complexity index is 1030. The van der Waals surface area contributed by atoms with Gasteiger partial charge in [-0.2, -0.15) is 0 Å². The number of para-hydroxylation sites is 1. The Hall–Kier alpha value is -2.88. The molecule has 4 N–H and O–H groups in total. The third-order valence-electron chi connectivity index (χ3n) is 5.38. The summed E-state index contributed by atoms with van der Waals surface area (Å²) in [5.41, 5.74) is 8.98. The Kier molecular flexibility index (Phi) is 6.26. The molecule has 0 radical (unpaired) electrons. The topological polar surface area (TPSA) is 102 Å². The molecule has 2 aliphatic rings. The summed E-state index contributed by atoms with van der Waals surface area (Å²) in [5, 5.41) is 12.4. The van der Waals surface area contributed by atoms with Crippen LogP contribution in [-0.4, -0.2) is 42.0 Å². The number of hydrogen-bond donors (Lipinski definition) is 4. The Morgan fingerprint density at radius 2 is 2.06 bits per heavy atom. The van der Waals surface area contributed by atoms with Gasteiger partial charge >= 0.3 is 0 Å². The van der Waals surface area contributed by atoms with Crippen molar-refractivity contribution in [1.29, 1.82) is 5.41 Å². The number of carbonyl (C=O) groups is 1. The molecule has 0 spiro atoms. The fourth-order valence-electron chi connectivity index (χ4n) is 3.77. The second-order valence-electron chi connectivity index (χ2n) is 7.54. The number of nitrogens with one attached hydrogen (secondary N) is 4. The molecular weight excluding hydrogens is 412 g/mol. The van der Waals surface area contributed by atoms with Crippen molar-refractivity contribution in [3.05, 3.63) is 54.1 Å². The minimum Gasteiger partial charge on any atom is -0.497 e. The van der Waals surface area contributed by atoms with Crippen molar-refractivity contribution in [2.75, 3.05) is 23.1 Å². The number of aryl methyl sites for hydroxylation is 1. The highest BCUT2D eigenvalue weighted by molar-refractivity contribution is 8.14. The summed E-state index contributed by atoms with van der Waals surface area (Å²) < 4.78 is 5.21. The zero-order chi connectivity index (χ0) is 22.0. The lowest BCUT2D eigenvalue weighted by molar-refractivity contribution is -0.113. The number of amides is 1. The van der Waals surface area contributed by atoms with Crippen molar-refractivity contribution in [2.45, 2.75) is 26.1 Å². The average Bonchev–Trinajstić information content (AvgIpc) is 3.14. The number of fused-ring (bicyclic) bond motifs is 1. The van der Waals surface area contributed by atoms with Crippen molar-refractivity contribution >= 4 is 40.0 Å². The number of thioether (sulfide) groups is 1. The van der Waals surface area contributed by atoms with Crippen molar-refractivity contribution < 1.29 is 9.53 Å². The average molecular weight is 439 g/mol. The van der Waals surface area contributed by atoms with E-state index >= 15 is 0 Å². The van der Waals surface area contributed by atoms with E-state index in [1.165, 1.54) is 11.8 Å². The monoisotopic (exact) mass is 438 g/mol. The predicted octanol–water partition coefficient (Wildman–Crippen LogP) is 2.97. The maximum absolute atomic E-state index is 12.6. The quantitative estimate of drug-likeness (QED) is 0.573. The lowest BCUT2D eigenvalue weighted by Gasteiger charge is -2.36. The van der Waals surface area contributed by atoms with E-state index in [-0.39, 0.29) is 29.8 Å². The van der Waals surface area contributed by atoms with Crippen LogP contribution in [0.15, 0.2) is 53.5 Å². The van der Waals surface area contributed by atoms with E-state index in [2.05, 4.69) is 16.2 Å². The van der Waals surface area contributed by atoms with Crippen LogP contribution in [0.2, 0.25) is 0 Å². The predicted molar refractivity (Wildman–Crippen MR) is 126 cm³/mol. The van der Waals surface area contributed by atoms with Crippen molar-refractivity contribution in [1.82, 2.24) is 10.9 Å². The molecule has 0 saturated carbocycles. The summed E-state index contributed by atoms with van der Waals surface area (Å²) in [4.78, 5) is 19.3. The van der Waals surface area contributed by atoms with Crippen LogP contribution in [-0.2, 0) is 4.79 Å². The van der Waals surface area contributed by atoms with E-state index in [0.29, 0.717) is 22.4 Å². The summed E-state index contributed by atoms with van der Waals surface area (Å²) in [6, 6.07) is 15.2. The number of carbonyl (C=O) groups excluding carboxylic acids is 1. The first-order valence-corrected chi connectivity index (χ1v) is 11.1. The minimum absolute atomic E-state index is 0.0793. The van der Waals surface area contributed by atoms with Gasteiger partial charge in [-0.1, -0.05) is 36.0 Å². The number of anilines is 2. The van der Waals surface area contributed by atoms with Gasteiger partial charge in [-0.3, -0.25) is 20.5 Å². The van der Waals surface area contributed by atoms with E-state index < -0.39 is 0 Å². The summed E-state index contributed by atoms with van der Waals surface area (Å²) in [7, 11) is 1.59. The number of ether oxygens (including phenoxy) is 1. The van der Waals surface area contributed by atoms with Gasteiger partial charge < -0.3 is 10.1 Å². The van der Waals surface area contributed by atoms with Gasteiger partial charge in [-0.25, -0.2) is 10.4 Å². The summed E-state index contributed by atoms with van der Waals surface area (Å²) in [6.45, 7) is 4.05. The third-order valence-corrected chi connectivity index (χ3v) is 6.33. The number of benzene rings is 2. The third kappa shape index (κ3) is 4.43. The molecule has 2 aromatic rings. The molecule has 162 valence electrons. The first kappa shape index (κ1) is 21.4. The van der Waals surface area contributed by atoms with Crippen molar-refractivity contribution in [3.8, 4) is 5.75 Å². The van der Waals surface area contributed by atoms with Gasteiger partial charge in [-0.15, -0.1) is 0 Å². The van der Waals surface area contributed by atoms with Gasteiger partial charge in [0, 0.05) is 17.8 Å². The molecule has 3 atom stereocenters. The molecule has 2 aliphatic heterocycles. The molecule has 2 heterocycles. The van der Waals surface area contributed by atoms with Crippen LogP contribution in [0.4, 0.5) is 11.4 Å². The van der Waals surface area contributed by atoms with Crippen LogP contribution < -0.4 is 25.8 Å². The first-order chi connectivity index (χ1) is 15.0. The summed E-state index contributed by atoms with van der Waals surface area (Å²) in [6.07, 6.45) is -0.230. The second-order valence-corrected chi connectivity index (χ2v) is 8.48. The van der Waals surface area contributed by atoms with Crippen LogP contribution in [0, 0.1) is 18.3 Å². The molecular formula is C22H26N6O2S. The number of hydrogen-bond acceptors (Lipinski definition) is 7. The lowest BCUT2D eigenvalue weighted by Crippen LogP contribution is -2.50. The summed E-state index contributed by atoms with van der Waals surface area (Å²) >= 11 is 1.32. The zero-order valence-corrected chi connectivity index (χ0v) is 18.5. The standard InChI is InChI=1S/C22H26N6O2S/c1-13-7-4-5-10-17(13)28-20(23)19-14(2)26-27-21(19)25-22(28)31-12-18(29)24-15-8-6-9-16(11-15)30-3/h4-11,14,19,21,23,26-27H,12H2,1-3H3,(H,24,29). The van der Waals surface area contributed by atoms with E-state index in [1.807, 2.05) is 61.2 Å². The number of methoxy groups -OCH3 is 1. The molecule has 4 rings (SSSR count). The van der Waals surface area contributed by atoms with E-state index in [1.54, 1.807) is 13.2 Å². The Morgan fingerprint density at radius 1 is 1.26 bits per heavy atom. The highest BCUT2D eigenvalue weighted by atomic mass is 32.2. The molecule has 1 amide bonds. The molecule has 3 unspecified atom stereocenters. The molecule has 31 heavy (non-hydrogen) atoms. The van der Waals surface area contributed by atoms with Crippen molar-refractivity contribution in [3.63, 3.8) is 0 Å². The lowest BCUT2D eigenvalue weighted by atomic mass is 9.96. The van der Waals surface area contributed by atoms with Gasteiger partial charge in [0.2, 0.25) is 5.91 Å². The van der Waals surface area contributed by atoms with Gasteiger partial charge in [0.25, 0.3) is 0 Å². The molecule has 0 aromatic heterocycles. The highest BCUT2D eigenvalue weighted by Gasteiger charge is 2.44. The fraction of sp³-hybridized carbons (Fsp3) is 0.318. The van der Waals surface area contributed by atoms with Crippen LogP contribution in [0.25, 0.3) is 0 Å². The van der Waals surface area contributed by atoms with Crippen LogP contribution in [0.3, 0.4) is 0 Å². The fourth-order valence-corrected chi connectivity index (χ4v) is 4.62. The molecule has 1 saturated heterocycles. The first-order valence-electron chi connectivity index (χ1n) is 10.1. The second kappa shape index (κ2) is 9.09. The number of hydrazine groups is 1. The maximum atomic E-state index is 12.6. The molecule has 8 nitrogen and oxygen atoms in total. The van der Waals surface area contributed by atoms with Gasteiger partial charge in [0.05, 0.1) is 24.5 Å². The maximum Gasteiger partial charge on any atom is 0.234 e. The Balaban J connectivity index is 1.54. The molecule has 2 aromatic carbocycles. The van der Waals surface area contributed by atoms with E-state index in [4.69, 9.17) is 15.1 Å². The van der Waals surface area contributed by atoms with Crippen molar-refractivity contribution in [2.24, 2.45) is 10.9 Å². The molecule has 0 aliphatic carbocycles. The number of nitrogens with zero attached hydrogens (tertiary/aromatic N) is 2. The molecule has 1 fully saturated rings. The molecule has 9 heteroatoms. The largest absolute Gasteiger partial charge is 0.497 e. The smallest absolute Gasteiger partial charge is 0.234 e. The Morgan fingerprint density at radius 3 is 2.84 bits per heavy atom. The zero-order valence-electron chi connectivity index (χ0n) is 17.7. The van der Waals surface area contributed by atoms with E-state index in [9.17, 15) is 4.79 Å². The van der Waals surface area contributed by atoms with E-state index in [0.717, 1.165) is 11.3 Å².